The van der Waals surface area contributed by atoms with Crippen molar-refractivity contribution >= 4 is 10.1 Å². The lowest BCUT2D eigenvalue weighted by atomic mass is 10.9. The van der Waals surface area contributed by atoms with E-state index >= 15 is 0 Å². The van der Waals surface area contributed by atoms with Gasteiger partial charge in [-0.1, -0.05) is 0 Å². The number of rotatable bonds is 3. The zero-order valence-corrected chi connectivity index (χ0v) is 6.36. The van der Waals surface area contributed by atoms with E-state index < -0.39 is 21.3 Å². The molecule has 0 saturated heterocycles. The fraction of sp³-hybridized carbons (Fsp3) is 0.500. The van der Waals surface area contributed by atoms with Crippen molar-refractivity contribution in [2.24, 2.45) is 0 Å². The fourth-order valence-corrected chi connectivity index (χ4v) is 0.819. The maximum absolute atomic E-state index is 11.6. The predicted molar refractivity (Wildman–Crippen MR) is 32.4 cm³/mol. The molecule has 0 fully saturated rings. The van der Waals surface area contributed by atoms with Gasteiger partial charge in [-0.25, -0.2) is 0 Å². The van der Waals surface area contributed by atoms with E-state index in [1.54, 1.807) is 0 Å². The summed E-state index contributed by atoms with van der Waals surface area (Å²) in [5.41, 5.74) is 0. The molecule has 0 spiro atoms. The van der Waals surface area contributed by atoms with E-state index in [2.05, 4.69) is 4.74 Å². The van der Waals surface area contributed by atoms with Crippen LogP contribution in [0.2, 0.25) is 0 Å². The summed E-state index contributed by atoms with van der Waals surface area (Å²) in [6.45, 7) is 1.06. The molecule has 0 aliphatic carbocycles. The summed E-state index contributed by atoms with van der Waals surface area (Å²) in [5, 5.41) is -1.68. The molecule has 0 heterocycles. The molecule has 0 bridgehead atoms. The Morgan fingerprint density at radius 2 is 2.00 bits per heavy atom. The van der Waals surface area contributed by atoms with Crippen LogP contribution in [-0.2, 0) is 14.9 Å². The highest BCUT2D eigenvalue weighted by molar-refractivity contribution is 7.89. The van der Waals surface area contributed by atoms with Gasteiger partial charge >= 0.3 is 21.3 Å². The summed E-state index contributed by atoms with van der Waals surface area (Å²) < 4.78 is 55.4. The van der Waals surface area contributed by atoms with Crippen LogP contribution in [0, 0.1) is 0 Å². The Balaban J connectivity index is 4.81. The van der Waals surface area contributed by atoms with Gasteiger partial charge in [-0.2, -0.15) is 17.2 Å². The largest absolute Gasteiger partial charge is 0.478 e. The zero-order valence-electron chi connectivity index (χ0n) is 5.54. The molecule has 0 aliphatic rings. The molecule has 7 heteroatoms. The van der Waals surface area contributed by atoms with Crippen molar-refractivity contribution in [3.05, 3.63) is 11.2 Å². The fourth-order valence-electron chi connectivity index (χ4n) is 0.358. The van der Waals surface area contributed by atoms with Gasteiger partial charge in [0.05, 0.1) is 6.61 Å². The number of hydrogen-bond acceptors (Lipinski definition) is 3. The van der Waals surface area contributed by atoms with Crippen LogP contribution < -0.4 is 0 Å². The van der Waals surface area contributed by atoms with E-state index in [9.17, 15) is 17.2 Å². The highest BCUT2D eigenvalue weighted by atomic mass is 32.2. The van der Waals surface area contributed by atoms with Gasteiger partial charge in [0.1, 0.15) is 0 Å². The molecule has 1 N–H and O–H groups in total. The van der Waals surface area contributed by atoms with E-state index in [-0.39, 0.29) is 6.61 Å². The first-order valence-electron chi connectivity index (χ1n) is 2.55. The third-order valence-corrected chi connectivity index (χ3v) is 1.40. The summed E-state index contributed by atoms with van der Waals surface area (Å²) in [6, 6.07) is 0. The summed E-state index contributed by atoms with van der Waals surface area (Å²) in [5.74, 6) is 0. The SMILES string of the molecule is CCOC(=C(F)F)S(=O)(=O)O. The van der Waals surface area contributed by atoms with Crippen LogP contribution in [0.15, 0.2) is 11.2 Å². The number of ether oxygens (including phenoxy) is 1. The minimum absolute atomic E-state index is 0.257. The minimum atomic E-state index is -4.92. The van der Waals surface area contributed by atoms with Gasteiger partial charge in [-0.3, -0.25) is 4.55 Å². The Morgan fingerprint density at radius 3 is 2.09 bits per heavy atom. The van der Waals surface area contributed by atoms with Gasteiger partial charge in [-0.05, 0) is 6.92 Å². The first kappa shape index (κ1) is 10.3. The van der Waals surface area contributed by atoms with Crippen LogP contribution in [-0.4, -0.2) is 19.6 Å². The van der Waals surface area contributed by atoms with Gasteiger partial charge in [0.15, 0.2) is 0 Å². The average molecular weight is 188 g/mol. The van der Waals surface area contributed by atoms with Crippen molar-refractivity contribution in [1.82, 2.24) is 0 Å². The molecule has 66 valence electrons. The highest BCUT2D eigenvalue weighted by Crippen LogP contribution is 2.14. The van der Waals surface area contributed by atoms with Crippen molar-refractivity contribution in [3.8, 4) is 0 Å². The predicted octanol–water partition coefficient (Wildman–Crippen LogP) is 0.976. The maximum Gasteiger partial charge on any atom is 0.333 e. The van der Waals surface area contributed by atoms with Crippen LogP contribution in [0.1, 0.15) is 6.92 Å². The second-order valence-corrected chi connectivity index (χ2v) is 2.78. The van der Waals surface area contributed by atoms with Crippen LogP contribution in [0.4, 0.5) is 8.78 Å². The molecule has 11 heavy (non-hydrogen) atoms. The average Bonchev–Trinajstić information content (AvgIpc) is 1.79. The third-order valence-electron chi connectivity index (χ3n) is 0.664. The highest BCUT2D eigenvalue weighted by Gasteiger charge is 2.21. The molecular formula is C4H6F2O4S. The molecule has 0 amide bonds. The lowest BCUT2D eigenvalue weighted by molar-refractivity contribution is 0.217. The van der Waals surface area contributed by atoms with Gasteiger partial charge in [0, 0.05) is 0 Å². The Hall–Kier alpha value is -0.690. The normalized spacial score (nSPS) is 10.9. The Morgan fingerprint density at radius 1 is 1.55 bits per heavy atom. The Kier molecular flexibility index (Phi) is 3.40. The molecule has 0 aromatic heterocycles. The third kappa shape index (κ3) is 3.28. The molecule has 0 atom stereocenters. The summed E-state index contributed by atoms with van der Waals surface area (Å²) in [7, 11) is -4.92. The lowest BCUT2D eigenvalue weighted by Gasteiger charge is -2.01. The zero-order chi connectivity index (χ0) is 9.07. The standard InChI is InChI=1S/C4H6F2O4S/c1-2-10-4(3(5)6)11(7,8)9/h2H2,1H3,(H,7,8,9). The van der Waals surface area contributed by atoms with E-state index in [0.29, 0.717) is 0 Å². The monoisotopic (exact) mass is 188 g/mol. The van der Waals surface area contributed by atoms with Crippen LogP contribution >= 0.6 is 0 Å². The molecule has 0 aliphatic heterocycles. The first-order chi connectivity index (χ1) is 4.89. The van der Waals surface area contributed by atoms with Crippen molar-refractivity contribution in [2.45, 2.75) is 6.92 Å². The summed E-state index contributed by atoms with van der Waals surface area (Å²) in [6.07, 6.45) is -2.56. The van der Waals surface area contributed by atoms with Gasteiger partial charge in [0.25, 0.3) is 0 Å². The molecule has 0 unspecified atom stereocenters. The van der Waals surface area contributed by atoms with E-state index in [1.165, 1.54) is 6.92 Å². The van der Waals surface area contributed by atoms with E-state index in [1.807, 2.05) is 0 Å². The minimum Gasteiger partial charge on any atom is -0.478 e. The quantitative estimate of drug-likeness (QED) is 0.529. The van der Waals surface area contributed by atoms with Crippen LogP contribution in [0.3, 0.4) is 0 Å². The molecule has 0 saturated carbocycles. The van der Waals surface area contributed by atoms with Crippen molar-refractivity contribution in [3.63, 3.8) is 0 Å². The van der Waals surface area contributed by atoms with Crippen LogP contribution in [0.5, 0.6) is 0 Å². The van der Waals surface area contributed by atoms with Gasteiger partial charge in [-0.15, -0.1) is 0 Å². The summed E-state index contributed by atoms with van der Waals surface area (Å²) in [4.78, 5) is 0. The van der Waals surface area contributed by atoms with E-state index in [0.717, 1.165) is 0 Å². The van der Waals surface area contributed by atoms with Gasteiger partial charge < -0.3 is 4.74 Å². The van der Waals surface area contributed by atoms with Crippen molar-refractivity contribution < 1.29 is 26.5 Å². The maximum atomic E-state index is 11.6. The topological polar surface area (TPSA) is 63.6 Å². The molecule has 0 aromatic rings. The first-order valence-corrected chi connectivity index (χ1v) is 3.99. The molecule has 4 nitrogen and oxygen atoms in total. The smallest absolute Gasteiger partial charge is 0.333 e. The van der Waals surface area contributed by atoms with Crippen LogP contribution in [0.25, 0.3) is 0 Å². The van der Waals surface area contributed by atoms with E-state index in [4.69, 9.17) is 4.55 Å². The molecule has 0 aromatic carbocycles. The van der Waals surface area contributed by atoms with Gasteiger partial charge in [0.2, 0.25) is 0 Å². The number of hydrogen-bond donors (Lipinski definition) is 1. The molecule has 0 rings (SSSR count). The molecule has 0 radical (unpaired) electrons. The lowest BCUT2D eigenvalue weighted by Crippen LogP contribution is -2.06. The molecular weight excluding hydrogens is 182 g/mol. The second-order valence-electron chi connectivity index (χ2n) is 1.46. The van der Waals surface area contributed by atoms with Crippen molar-refractivity contribution in [1.29, 1.82) is 0 Å². The second kappa shape index (κ2) is 3.63. The Labute approximate surface area is 62.2 Å². The van der Waals surface area contributed by atoms with Crippen molar-refractivity contribution in [2.75, 3.05) is 6.61 Å². The summed E-state index contributed by atoms with van der Waals surface area (Å²) >= 11 is 0. The number of halogens is 2. The Bertz CT molecular complexity index is 251.